The Morgan fingerprint density at radius 1 is 1.62 bits per heavy atom. The van der Waals surface area contributed by atoms with Crippen LogP contribution in [0.4, 0.5) is 0 Å². The summed E-state index contributed by atoms with van der Waals surface area (Å²) in [6.45, 7) is 3.75. The second-order valence-electron chi connectivity index (χ2n) is 4.08. The van der Waals surface area contributed by atoms with E-state index >= 15 is 0 Å². The molecule has 88 valence electrons. The van der Waals surface area contributed by atoms with E-state index in [0.29, 0.717) is 0 Å². The lowest BCUT2D eigenvalue weighted by Gasteiger charge is -2.19. The van der Waals surface area contributed by atoms with Crippen molar-refractivity contribution in [2.45, 2.75) is 38.8 Å². The summed E-state index contributed by atoms with van der Waals surface area (Å²) in [6.07, 6.45) is 7.53. The second kappa shape index (κ2) is 5.16. The summed E-state index contributed by atoms with van der Waals surface area (Å²) in [5, 5.41) is 10.2. The van der Waals surface area contributed by atoms with Gasteiger partial charge in [-0.05, 0) is 24.8 Å². The van der Waals surface area contributed by atoms with E-state index in [9.17, 15) is 5.11 Å². The fourth-order valence-electron chi connectivity index (χ4n) is 1.96. The fourth-order valence-corrected chi connectivity index (χ4v) is 1.96. The van der Waals surface area contributed by atoms with Gasteiger partial charge in [0.15, 0.2) is 0 Å². The summed E-state index contributed by atoms with van der Waals surface area (Å²) >= 11 is 0. The number of aromatic nitrogens is 2. The summed E-state index contributed by atoms with van der Waals surface area (Å²) in [4.78, 5) is 4.09. The van der Waals surface area contributed by atoms with Crippen LogP contribution >= 0.6 is 0 Å². The van der Waals surface area contributed by atoms with E-state index in [0.717, 1.165) is 43.7 Å². The number of imidazole rings is 1. The van der Waals surface area contributed by atoms with E-state index in [1.54, 1.807) is 18.8 Å². The molecule has 0 fully saturated rings. The topological polar surface area (TPSA) is 47.3 Å². The highest BCUT2D eigenvalue weighted by Crippen LogP contribution is 2.27. The van der Waals surface area contributed by atoms with Gasteiger partial charge in [-0.2, -0.15) is 0 Å². The summed E-state index contributed by atoms with van der Waals surface area (Å²) in [7, 11) is 0. The van der Waals surface area contributed by atoms with E-state index in [2.05, 4.69) is 11.9 Å². The number of hydrogen-bond donors (Lipinski definition) is 1. The first-order chi connectivity index (χ1) is 7.83. The molecule has 4 heteroatoms. The lowest BCUT2D eigenvalue weighted by molar-refractivity contribution is 0.164. The zero-order chi connectivity index (χ0) is 11.4. The minimum absolute atomic E-state index is 0.575. The summed E-state index contributed by atoms with van der Waals surface area (Å²) < 4.78 is 7.25. The number of hydrogen-bond acceptors (Lipinski definition) is 3. The Kier molecular flexibility index (Phi) is 3.62. The van der Waals surface area contributed by atoms with Crippen molar-refractivity contribution in [3.05, 3.63) is 30.1 Å². The average Bonchev–Trinajstić information content (AvgIpc) is 2.78. The molecule has 1 atom stereocenters. The minimum atomic E-state index is -0.575. The zero-order valence-electron chi connectivity index (χ0n) is 9.59. The summed E-state index contributed by atoms with van der Waals surface area (Å²) in [5.41, 5.74) is 1.81. The number of aryl methyl sites for hydroxylation is 1. The summed E-state index contributed by atoms with van der Waals surface area (Å²) in [6, 6.07) is 0. The minimum Gasteiger partial charge on any atom is -0.501 e. The van der Waals surface area contributed by atoms with Gasteiger partial charge in [-0.15, -0.1) is 0 Å². The van der Waals surface area contributed by atoms with Crippen molar-refractivity contribution in [3.63, 3.8) is 0 Å². The molecule has 1 aromatic heterocycles. The highest BCUT2D eigenvalue weighted by molar-refractivity contribution is 5.18. The van der Waals surface area contributed by atoms with Crippen LogP contribution in [0, 0.1) is 0 Å². The third kappa shape index (κ3) is 2.27. The van der Waals surface area contributed by atoms with Crippen LogP contribution < -0.4 is 0 Å². The molecule has 2 heterocycles. The maximum atomic E-state index is 10.2. The lowest BCUT2D eigenvalue weighted by Crippen LogP contribution is -2.12. The van der Waals surface area contributed by atoms with Gasteiger partial charge in [0.1, 0.15) is 6.10 Å². The molecule has 0 aromatic carbocycles. The third-order valence-corrected chi connectivity index (χ3v) is 2.80. The van der Waals surface area contributed by atoms with Gasteiger partial charge in [0.2, 0.25) is 0 Å². The van der Waals surface area contributed by atoms with Crippen molar-refractivity contribution in [2.24, 2.45) is 0 Å². The zero-order valence-corrected chi connectivity index (χ0v) is 9.59. The highest BCUT2D eigenvalue weighted by atomic mass is 16.5. The first-order valence-electron chi connectivity index (χ1n) is 5.81. The van der Waals surface area contributed by atoms with Crippen molar-refractivity contribution in [1.82, 2.24) is 9.55 Å². The Hall–Kier alpha value is -1.29. The Morgan fingerprint density at radius 3 is 3.19 bits per heavy atom. The van der Waals surface area contributed by atoms with Crippen LogP contribution in [0.1, 0.15) is 38.0 Å². The highest BCUT2D eigenvalue weighted by Gasteiger charge is 2.19. The van der Waals surface area contributed by atoms with Gasteiger partial charge >= 0.3 is 0 Å². The van der Waals surface area contributed by atoms with Crippen molar-refractivity contribution in [3.8, 4) is 0 Å². The fraction of sp³-hybridized carbons (Fsp3) is 0.583. The van der Waals surface area contributed by atoms with Crippen LogP contribution in [-0.4, -0.2) is 21.3 Å². The van der Waals surface area contributed by atoms with Gasteiger partial charge < -0.3 is 14.4 Å². The molecule has 1 aliphatic heterocycles. The van der Waals surface area contributed by atoms with Crippen molar-refractivity contribution in [2.75, 3.05) is 6.61 Å². The predicted octanol–water partition coefficient (Wildman–Crippen LogP) is 2.02. The van der Waals surface area contributed by atoms with Crippen LogP contribution in [-0.2, 0) is 11.3 Å². The molecule has 16 heavy (non-hydrogen) atoms. The third-order valence-electron chi connectivity index (χ3n) is 2.80. The van der Waals surface area contributed by atoms with Crippen LogP contribution in [0.3, 0.4) is 0 Å². The largest absolute Gasteiger partial charge is 0.501 e. The van der Waals surface area contributed by atoms with E-state index < -0.39 is 6.10 Å². The van der Waals surface area contributed by atoms with Crippen LogP contribution in [0.5, 0.6) is 0 Å². The molecule has 1 N–H and O–H groups in total. The first kappa shape index (κ1) is 11.2. The van der Waals surface area contributed by atoms with Crippen LogP contribution in [0.15, 0.2) is 24.4 Å². The molecule has 0 spiro atoms. The first-order valence-corrected chi connectivity index (χ1v) is 5.81. The number of rotatable bonds is 4. The van der Waals surface area contributed by atoms with E-state index in [1.165, 1.54) is 0 Å². The normalized spacial score (nSPS) is 17.8. The number of ether oxygens (including phenoxy) is 1. The molecular formula is C12H18N2O2. The molecule has 0 amide bonds. The lowest BCUT2D eigenvalue weighted by atomic mass is 10.0. The standard InChI is InChI=1S/C12H18N2O2/c1-2-5-14-9-13-7-11(14)12(15)10-4-3-6-16-8-10/h7-9,12,15H,2-6H2,1H3. The molecule has 1 aliphatic rings. The van der Waals surface area contributed by atoms with Crippen LogP contribution in [0.25, 0.3) is 0 Å². The Bertz CT molecular complexity index is 371. The quantitative estimate of drug-likeness (QED) is 0.847. The van der Waals surface area contributed by atoms with Crippen LogP contribution in [0.2, 0.25) is 0 Å². The van der Waals surface area contributed by atoms with Gasteiger partial charge in [-0.25, -0.2) is 4.98 Å². The van der Waals surface area contributed by atoms with Gasteiger partial charge in [0.25, 0.3) is 0 Å². The van der Waals surface area contributed by atoms with E-state index in [1.807, 2.05) is 4.57 Å². The molecule has 0 bridgehead atoms. The molecular weight excluding hydrogens is 204 g/mol. The van der Waals surface area contributed by atoms with Crippen molar-refractivity contribution >= 4 is 0 Å². The molecule has 0 saturated carbocycles. The molecule has 4 nitrogen and oxygen atoms in total. The smallest absolute Gasteiger partial charge is 0.120 e. The monoisotopic (exact) mass is 222 g/mol. The van der Waals surface area contributed by atoms with Crippen molar-refractivity contribution < 1.29 is 9.84 Å². The molecule has 2 rings (SSSR count). The molecule has 0 saturated heterocycles. The Balaban J connectivity index is 2.15. The SMILES string of the molecule is CCCn1cncc1C(O)C1=COCCC1. The predicted molar refractivity (Wildman–Crippen MR) is 60.7 cm³/mol. The van der Waals surface area contributed by atoms with Gasteiger partial charge in [0, 0.05) is 6.54 Å². The van der Waals surface area contributed by atoms with E-state index in [4.69, 9.17) is 4.74 Å². The van der Waals surface area contributed by atoms with Crippen molar-refractivity contribution in [1.29, 1.82) is 0 Å². The number of aliphatic hydroxyl groups is 1. The molecule has 1 unspecified atom stereocenters. The summed E-state index contributed by atoms with van der Waals surface area (Å²) in [5.74, 6) is 0. The van der Waals surface area contributed by atoms with Gasteiger partial charge in [-0.1, -0.05) is 6.92 Å². The maximum absolute atomic E-state index is 10.2. The Morgan fingerprint density at radius 2 is 2.50 bits per heavy atom. The molecule has 0 aliphatic carbocycles. The molecule has 1 aromatic rings. The van der Waals surface area contributed by atoms with E-state index in [-0.39, 0.29) is 0 Å². The Labute approximate surface area is 95.6 Å². The average molecular weight is 222 g/mol. The second-order valence-corrected chi connectivity index (χ2v) is 4.08. The van der Waals surface area contributed by atoms with Gasteiger partial charge in [0.05, 0.1) is 31.1 Å². The maximum Gasteiger partial charge on any atom is 0.120 e. The number of aliphatic hydroxyl groups excluding tert-OH is 1. The molecule has 0 radical (unpaired) electrons. The van der Waals surface area contributed by atoms with Gasteiger partial charge in [-0.3, -0.25) is 0 Å². The number of nitrogens with zero attached hydrogens (tertiary/aromatic N) is 2.